The largest absolute Gasteiger partial charge is 0.310 e. The van der Waals surface area contributed by atoms with Gasteiger partial charge in [-0.05, 0) is 155 Å². The van der Waals surface area contributed by atoms with Crippen molar-refractivity contribution in [1.29, 1.82) is 0 Å². The zero-order chi connectivity index (χ0) is 48.6. The molecule has 73 heavy (non-hydrogen) atoms. The van der Waals surface area contributed by atoms with E-state index in [4.69, 9.17) is 4.98 Å². The van der Waals surface area contributed by atoms with Gasteiger partial charge in [0, 0.05) is 44.8 Å². The molecule has 0 bridgehead atoms. The predicted molar refractivity (Wildman–Crippen MR) is 310 cm³/mol. The molecule has 0 fully saturated rings. The van der Waals surface area contributed by atoms with Gasteiger partial charge in [0.05, 0.1) is 17.4 Å². The molecule has 1 aliphatic carbocycles. The van der Waals surface area contributed by atoms with Crippen molar-refractivity contribution in [2.24, 2.45) is 0 Å². The molecule has 1 aliphatic rings. The minimum atomic E-state index is -0.196. The average molecular weight is 932 g/mol. The van der Waals surface area contributed by atoms with Crippen LogP contribution in [0.4, 0.5) is 34.1 Å². The first kappa shape index (κ1) is 42.6. The van der Waals surface area contributed by atoms with Gasteiger partial charge in [0.15, 0.2) is 0 Å². The van der Waals surface area contributed by atoms with Gasteiger partial charge < -0.3 is 9.80 Å². The van der Waals surface area contributed by atoms with Crippen LogP contribution in [0.25, 0.3) is 87.4 Å². The number of hydrogen-bond donors (Lipinski definition) is 0. The molecule has 344 valence electrons. The van der Waals surface area contributed by atoms with E-state index in [1.807, 2.05) is 0 Å². The summed E-state index contributed by atoms with van der Waals surface area (Å²) in [5, 5.41) is 10.6. The van der Waals surface area contributed by atoms with E-state index in [2.05, 4.69) is 285 Å². The lowest BCUT2D eigenvalue weighted by Gasteiger charge is -2.28. The summed E-state index contributed by atoms with van der Waals surface area (Å²) in [6.45, 7) is 4.74. The number of para-hydroxylation sites is 2. The van der Waals surface area contributed by atoms with E-state index in [0.29, 0.717) is 0 Å². The van der Waals surface area contributed by atoms with Crippen LogP contribution in [-0.2, 0) is 5.41 Å². The number of anilines is 6. The van der Waals surface area contributed by atoms with Crippen molar-refractivity contribution in [2.45, 2.75) is 19.3 Å². The molecule has 0 saturated carbocycles. The molecule has 1 aromatic heterocycles. The molecule has 3 heteroatoms. The van der Waals surface area contributed by atoms with Crippen LogP contribution in [0.2, 0.25) is 0 Å². The molecular formula is C70H49N3. The van der Waals surface area contributed by atoms with E-state index in [1.54, 1.807) is 0 Å². The van der Waals surface area contributed by atoms with Crippen molar-refractivity contribution in [1.82, 2.24) is 4.98 Å². The molecule has 0 atom stereocenters. The molecular weight excluding hydrogens is 883 g/mol. The van der Waals surface area contributed by atoms with E-state index in [9.17, 15) is 0 Å². The van der Waals surface area contributed by atoms with E-state index >= 15 is 0 Å². The van der Waals surface area contributed by atoms with Crippen LogP contribution >= 0.6 is 0 Å². The third-order valence-corrected chi connectivity index (χ3v) is 15.4. The van der Waals surface area contributed by atoms with Gasteiger partial charge in [-0.1, -0.05) is 196 Å². The summed E-state index contributed by atoms with van der Waals surface area (Å²) in [5.74, 6) is 0. The Labute approximate surface area is 425 Å². The summed E-state index contributed by atoms with van der Waals surface area (Å²) >= 11 is 0. The number of aromatic nitrogens is 1. The van der Waals surface area contributed by atoms with Crippen molar-refractivity contribution in [3.63, 3.8) is 0 Å². The Morgan fingerprint density at radius 2 is 0.822 bits per heavy atom. The van der Waals surface area contributed by atoms with Gasteiger partial charge in [0.25, 0.3) is 0 Å². The summed E-state index contributed by atoms with van der Waals surface area (Å²) < 4.78 is 0. The lowest BCUT2D eigenvalue weighted by atomic mass is 9.80. The second-order valence-electron chi connectivity index (χ2n) is 19.9. The Bertz CT molecular complexity index is 4300. The van der Waals surface area contributed by atoms with Crippen LogP contribution in [0.15, 0.2) is 261 Å². The highest BCUT2D eigenvalue weighted by Crippen LogP contribution is 2.53. The maximum atomic E-state index is 5.75. The van der Waals surface area contributed by atoms with Crippen molar-refractivity contribution in [3.05, 3.63) is 272 Å². The van der Waals surface area contributed by atoms with E-state index < -0.39 is 0 Å². The fourth-order valence-electron chi connectivity index (χ4n) is 11.9. The maximum absolute atomic E-state index is 5.75. The van der Waals surface area contributed by atoms with Gasteiger partial charge in [-0.15, -0.1) is 0 Å². The zero-order valence-electron chi connectivity index (χ0n) is 40.7. The summed E-state index contributed by atoms with van der Waals surface area (Å²) in [6, 6.07) is 93.4. The van der Waals surface area contributed by atoms with E-state index in [-0.39, 0.29) is 5.41 Å². The number of hydrogen-bond acceptors (Lipinski definition) is 3. The Morgan fingerprint density at radius 1 is 0.301 bits per heavy atom. The molecule has 1 heterocycles. The summed E-state index contributed by atoms with van der Waals surface area (Å²) in [6.07, 6.45) is 2.09. The van der Waals surface area contributed by atoms with Gasteiger partial charge >= 0.3 is 0 Å². The normalized spacial score (nSPS) is 12.6. The Morgan fingerprint density at radius 3 is 1.52 bits per heavy atom. The van der Waals surface area contributed by atoms with Crippen LogP contribution in [0.5, 0.6) is 0 Å². The second-order valence-corrected chi connectivity index (χ2v) is 19.9. The summed E-state index contributed by atoms with van der Waals surface area (Å²) in [7, 11) is 0. The van der Waals surface area contributed by atoms with E-state index in [1.165, 1.54) is 60.1 Å². The molecule has 0 aliphatic heterocycles. The molecule has 0 spiro atoms. The molecule has 0 saturated heterocycles. The predicted octanol–water partition coefficient (Wildman–Crippen LogP) is 19.4. The Hall–Kier alpha value is -9.31. The average Bonchev–Trinajstić information content (AvgIpc) is 3.67. The molecule has 0 unspecified atom stereocenters. The van der Waals surface area contributed by atoms with Crippen molar-refractivity contribution >= 4 is 88.1 Å². The summed E-state index contributed by atoms with van der Waals surface area (Å²) in [4.78, 5) is 10.5. The van der Waals surface area contributed by atoms with E-state index in [0.717, 1.165) is 72.5 Å². The fourth-order valence-corrected chi connectivity index (χ4v) is 11.9. The third kappa shape index (κ3) is 6.99. The molecule has 0 N–H and O–H groups in total. The first-order valence-corrected chi connectivity index (χ1v) is 25.3. The first-order valence-electron chi connectivity index (χ1n) is 25.3. The molecule has 13 aromatic rings. The highest BCUT2D eigenvalue weighted by atomic mass is 15.2. The standard InChI is InChI=1S/C70H49N3/c1-70(2)65-31-16-15-29-59(65)60-38-34-51(42-66(60)70)67-63-43-56(72(52-24-5-3-6-25-52)54-35-32-46-18-9-11-21-49(46)40-54)37-39-62(63)68(61-30-17-23-48-20-13-14-28-58(48)61)64-44-57(45-71-69(64)67)73(53-26-7-4-8-27-53)55-36-33-47-19-10-12-22-50(47)41-55/h3-45H,1-2H3. The SMILES string of the molecule is CC1(C)c2ccccc2-c2ccc(-c3c4cc(N(c5ccccc5)c5ccc6ccccc6c5)ccc4c(-c4cccc5ccccc45)c4cc(N(c5ccccc5)c5ccc6ccccc6c5)cnc34)cc21. The van der Waals surface area contributed by atoms with Crippen molar-refractivity contribution in [3.8, 4) is 33.4 Å². The van der Waals surface area contributed by atoms with Gasteiger partial charge in [-0.3, -0.25) is 4.98 Å². The van der Waals surface area contributed by atoms with Crippen LogP contribution in [0.3, 0.4) is 0 Å². The zero-order valence-corrected chi connectivity index (χ0v) is 40.7. The van der Waals surface area contributed by atoms with Crippen LogP contribution in [0.1, 0.15) is 25.0 Å². The lowest BCUT2D eigenvalue weighted by molar-refractivity contribution is 0.660. The number of pyridine rings is 1. The molecule has 0 amide bonds. The van der Waals surface area contributed by atoms with Crippen LogP contribution in [0, 0.1) is 0 Å². The molecule has 12 aromatic carbocycles. The van der Waals surface area contributed by atoms with Gasteiger partial charge in [0.2, 0.25) is 0 Å². The lowest BCUT2D eigenvalue weighted by Crippen LogP contribution is -2.15. The highest BCUT2D eigenvalue weighted by Gasteiger charge is 2.36. The minimum absolute atomic E-state index is 0.196. The molecule has 14 rings (SSSR count). The second kappa shape index (κ2) is 16.9. The number of fused-ring (bicyclic) bond motifs is 8. The van der Waals surface area contributed by atoms with Crippen molar-refractivity contribution < 1.29 is 0 Å². The van der Waals surface area contributed by atoms with Crippen molar-refractivity contribution in [2.75, 3.05) is 9.80 Å². The monoisotopic (exact) mass is 931 g/mol. The number of benzene rings is 12. The fraction of sp³-hybridized carbons (Fsp3) is 0.0429. The van der Waals surface area contributed by atoms with Crippen LogP contribution in [-0.4, -0.2) is 4.98 Å². The Kier molecular flexibility index (Phi) is 9.87. The van der Waals surface area contributed by atoms with Gasteiger partial charge in [-0.25, -0.2) is 0 Å². The summed E-state index contributed by atoms with van der Waals surface area (Å²) in [5.41, 5.74) is 17.0. The smallest absolute Gasteiger partial charge is 0.0794 e. The number of nitrogens with zero attached hydrogens (tertiary/aromatic N) is 3. The molecule has 0 radical (unpaired) electrons. The quantitative estimate of drug-likeness (QED) is 0.142. The third-order valence-electron chi connectivity index (χ3n) is 15.4. The maximum Gasteiger partial charge on any atom is 0.0794 e. The Balaban J connectivity index is 1.10. The topological polar surface area (TPSA) is 19.4 Å². The molecule has 3 nitrogen and oxygen atoms in total. The minimum Gasteiger partial charge on any atom is -0.310 e. The van der Waals surface area contributed by atoms with Gasteiger partial charge in [-0.2, -0.15) is 0 Å². The highest BCUT2D eigenvalue weighted by molar-refractivity contribution is 6.24. The number of rotatable bonds is 8. The van der Waals surface area contributed by atoms with Gasteiger partial charge in [0.1, 0.15) is 0 Å². The van der Waals surface area contributed by atoms with Crippen LogP contribution < -0.4 is 9.80 Å². The first-order chi connectivity index (χ1) is 36.0.